The van der Waals surface area contributed by atoms with E-state index in [1.54, 1.807) is 18.9 Å². The zero-order valence-corrected chi connectivity index (χ0v) is 9.63. The molecule has 0 radical (unpaired) electrons. The summed E-state index contributed by atoms with van der Waals surface area (Å²) in [6.45, 7) is 3.37. The number of carbonyl (C=O) groups excluding carboxylic acids is 1. The van der Waals surface area contributed by atoms with Gasteiger partial charge in [-0.05, 0) is 13.8 Å². The second-order valence-corrected chi connectivity index (χ2v) is 4.73. The molecule has 2 rings (SSSR count). The number of anilines is 1. The van der Waals surface area contributed by atoms with Crippen molar-refractivity contribution < 1.29 is 18.0 Å². The van der Waals surface area contributed by atoms with Crippen LogP contribution in [0, 0.1) is 5.41 Å². The fourth-order valence-electron chi connectivity index (χ4n) is 1.87. The maximum absolute atomic E-state index is 12.8. The van der Waals surface area contributed by atoms with Gasteiger partial charge in [0.1, 0.15) is 5.56 Å². The lowest BCUT2D eigenvalue weighted by Crippen LogP contribution is -2.59. The van der Waals surface area contributed by atoms with Crippen molar-refractivity contribution in [1.82, 2.24) is 10.2 Å². The first-order chi connectivity index (χ1) is 8.14. The number of halogens is 3. The minimum absolute atomic E-state index is 0.125. The lowest BCUT2D eigenvalue weighted by Gasteiger charge is -2.44. The summed E-state index contributed by atoms with van der Waals surface area (Å²) in [6.07, 6.45) is -3.98. The van der Waals surface area contributed by atoms with Crippen LogP contribution in [0.4, 0.5) is 18.9 Å². The molecule has 0 saturated carbocycles. The van der Waals surface area contributed by atoms with Crippen molar-refractivity contribution in [3.05, 3.63) is 22.1 Å². The van der Waals surface area contributed by atoms with Gasteiger partial charge in [-0.25, -0.2) is 5.10 Å². The van der Waals surface area contributed by atoms with E-state index in [0.717, 1.165) is 11.1 Å². The Labute approximate surface area is 99.6 Å². The Kier molecular flexibility index (Phi) is 2.49. The van der Waals surface area contributed by atoms with E-state index in [1.165, 1.54) is 0 Å². The van der Waals surface area contributed by atoms with Gasteiger partial charge in [-0.3, -0.25) is 9.59 Å². The summed E-state index contributed by atoms with van der Waals surface area (Å²) in [5.41, 5.74) is -3.93. The Hall–Kier alpha value is -1.86. The molecule has 1 amide bonds. The molecular weight excluding hydrogens is 251 g/mol. The molecule has 1 aromatic heterocycles. The third kappa shape index (κ3) is 1.77. The topological polar surface area (TPSA) is 66.1 Å². The van der Waals surface area contributed by atoms with Crippen molar-refractivity contribution >= 4 is 11.6 Å². The molecule has 8 heteroatoms. The van der Waals surface area contributed by atoms with Gasteiger partial charge < -0.3 is 4.90 Å². The van der Waals surface area contributed by atoms with E-state index in [0.29, 0.717) is 0 Å². The number of H-pyrrole nitrogens is 1. The van der Waals surface area contributed by atoms with Crippen LogP contribution in [0.3, 0.4) is 0 Å². The van der Waals surface area contributed by atoms with E-state index in [9.17, 15) is 22.8 Å². The predicted molar refractivity (Wildman–Crippen MR) is 56.0 cm³/mol. The summed E-state index contributed by atoms with van der Waals surface area (Å²) in [6, 6.07) is 0. The van der Waals surface area contributed by atoms with Crippen molar-refractivity contribution in [1.29, 1.82) is 0 Å². The Morgan fingerprint density at radius 2 is 2.00 bits per heavy atom. The summed E-state index contributed by atoms with van der Waals surface area (Å²) in [5.74, 6) is -0.458. The van der Waals surface area contributed by atoms with Gasteiger partial charge in [-0.1, -0.05) is 0 Å². The average molecular weight is 261 g/mol. The molecule has 0 spiro atoms. The van der Waals surface area contributed by atoms with Gasteiger partial charge in [0.25, 0.3) is 5.56 Å². The molecule has 0 bridgehead atoms. The van der Waals surface area contributed by atoms with Crippen LogP contribution in [0.25, 0.3) is 0 Å². The van der Waals surface area contributed by atoms with Gasteiger partial charge in [0.2, 0.25) is 5.91 Å². The molecule has 1 aliphatic rings. The number of alkyl halides is 3. The number of β-lactam (4-membered cyclic amide) rings is 1. The van der Waals surface area contributed by atoms with E-state index in [2.05, 4.69) is 5.10 Å². The molecule has 1 saturated heterocycles. The molecule has 5 nitrogen and oxygen atoms in total. The van der Waals surface area contributed by atoms with E-state index >= 15 is 0 Å². The number of hydrogen-bond donors (Lipinski definition) is 1. The fourth-order valence-corrected chi connectivity index (χ4v) is 1.87. The Morgan fingerprint density at radius 3 is 2.44 bits per heavy atom. The Balaban J connectivity index is 2.51. The SMILES string of the molecule is CC1(C)CN(c2cn[nH]c(=O)c2C(F)(F)F)C1=O. The van der Waals surface area contributed by atoms with Gasteiger partial charge in [-0.15, -0.1) is 0 Å². The third-order valence-electron chi connectivity index (χ3n) is 2.79. The first-order valence-corrected chi connectivity index (χ1v) is 5.11. The maximum atomic E-state index is 12.8. The Bertz CT molecular complexity index is 562. The smallest absolute Gasteiger partial charge is 0.308 e. The van der Waals surface area contributed by atoms with Crippen LogP contribution in [0.5, 0.6) is 0 Å². The first kappa shape index (κ1) is 12.6. The number of amides is 1. The minimum atomic E-state index is -4.83. The van der Waals surface area contributed by atoms with Crippen LogP contribution in [-0.2, 0) is 11.0 Å². The highest BCUT2D eigenvalue weighted by atomic mass is 19.4. The lowest BCUT2D eigenvalue weighted by atomic mass is 9.82. The number of hydrogen-bond acceptors (Lipinski definition) is 3. The molecule has 0 aromatic carbocycles. The maximum Gasteiger partial charge on any atom is 0.423 e. The fraction of sp³-hybridized carbons (Fsp3) is 0.500. The van der Waals surface area contributed by atoms with E-state index < -0.39 is 34.3 Å². The number of carbonyl (C=O) groups is 1. The van der Waals surface area contributed by atoms with Crippen molar-refractivity contribution in [3.8, 4) is 0 Å². The number of nitrogens with one attached hydrogen (secondary N) is 1. The summed E-state index contributed by atoms with van der Waals surface area (Å²) in [5, 5.41) is 5.03. The van der Waals surface area contributed by atoms with E-state index in [-0.39, 0.29) is 6.54 Å². The lowest BCUT2D eigenvalue weighted by molar-refractivity contribution is -0.139. The normalized spacial score (nSPS) is 18.7. The predicted octanol–water partition coefficient (Wildman–Crippen LogP) is 1.16. The van der Waals surface area contributed by atoms with Crippen molar-refractivity contribution in [2.24, 2.45) is 5.41 Å². The molecule has 0 atom stereocenters. The minimum Gasteiger partial charge on any atom is -0.308 e. The van der Waals surface area contributed by atoms with Gasteiger partial charge in [-0.2, -0.15) is 18.3 Å². The Morgan fingerprint density at radius 1 is 1.39 bits per heavy atom. The molecule has 2 heterocycles. The quantitative estimate of drug-likeness (QED) is 0.771. The van der Waals surface area contributed by atoms with Crippen molar-refractivity contribution in [3.63, 3.8) is 0 Å². The third-order valence-corrected chi connectivity index (χ3v) is 2.79. The molecule has 18 heavy (non-hydrogen) atoms. The van der Waals surface area contributed by atoms with Crippen LogP contribution >= 0.6 is 0 Å². The van der Waals surface area contributed by atoms with Crippen LogP contribution in [0.15, 0.2) is 11.0 Å². The van der Waals surface area contributed by atoms with Crippen LogP contribution in [0.2, 0.25) is 0 Å². The van der Waals surface area contributed by atoms with Gasteiger partial charge in [0.05, 0.1) is 17.3 Å². The summed E-state index contributed by atoms with van der Waals surface area (Å²) in [4.78, 5) is 23.8. The van der Waals surface area contributed by atoms with Gasteiger partial charge in [0, 0.05) is 6.54 Å². The van der Waals surface area contributed by atoms with Crippen molar-refractivity contribution in [2.45, 2.75) is 20.0 Å². The number of nitrogens with zero attached hydrogens (tertiary/aromatic N) is 2. The molecule has 1 aliphatic heterocycles. The van der Waals surface area contributed by atoms with Gasteiger partial charge in [0.15, 0.2) is 0 Å². The highest BCUT2D eigenvalue weighted by Crippen LogP contribution is 2.40. The van der Waals surface area contributed by atoms with E-state index in [4.69, 9.17) is 0 Å². The number of aromatic amines is 1. The van der Waals surface area contributed by atoms with Crippen LogP contribution < -0.4 is 10.5 Å². The molecule has 1 aromatic rings. The van der Waals surface area contributed by atoms with E-state index in [1.807, 2.05) is 0 Å². The highest BCUT2D eigenvalue weighted by Gasteiger charge is 2.49. The van der Waals surface area contributed by atoms with Crippen LogP contribution in [-0.4, -0.2) is 22.6 Å². The number of rotatable bonds is 1. The second-order valence-electron chi connectivity index (χ2n) is 4.73. The second kappa shape index (κ2) is 3.56. The standard InChI is InChI=1S/C10H10F3N3O2/c1-9(2)4-16(8(9)18)5-3-14-15-7(17)6(5)10(11,12)13/h3H,4H2,1-2H3,(H,15,17). The zero-order valence-electron chi connectivity index (χ0n) is 9.63. The van der Waals surface area contributed by atoms with Gasteiger partial charge >= 0.3 is 6.18 Å². The monoisotopic (exact) mass is 261 g/mol. The summed E-state index contributed by atoms with van der Waals surface area (Å²) >= 11 is 0. The van der Waals surface area contributed by atoms with Crippen molar-refractivity contribution in [2.75, 3.05) is 11.4 Å². The molecule has 98 valence electrons. The molecule has 1 fully saturated rings. The molecule has 0 unspecified atom stereocenters. The molecule has 1 N–H and O–H groups in total. The molecular formula is C10H10F3N3O2. The zero-order chi connectivity index (χ0) is 13.7. The van der Waals surface area contributed by atoms with Crippen LogP contribution in [0.1, 0.15) is 19.4 Å². The average Bonchev–Trinajstić information content (AvgIpc) is 2.23. The number of aromatic nitrogens is 2. The first-order valence-electron chi connectivity index (χ1n) is 5.11. The summed E-state index contributed by atoms with van der Waals surface area (Å²) in [7, 11) is 0. The highest BCUT2D eigenvalue weighted by molar-refractivity contribution is 6.04. The summed E-state index contributed by atoms with van der Waals surface area (Å²) < 4.78 is 38.3. The largest absolute Gasteiger partial charge is 0.423 e. The molecule has 0 aliphatic carbocycles.